The summed E-state index contributed by atoms with van der Waals surface area (Å²) in [6.07, 6.45) is 11.8. The fourth-order valence-corrected chi connectivity index (χ4v) is 4.59. The van der Waals surface area contributed by atoms with Gasteiger partial charge in [-0.25, -0.2) is 0 Å². The predicted molar refractivity (Wildman–Crippen MR) is 127 cm³/mol. The Morgan fingerprint density at radius 1 is 0.724 bits per heavy atom. The molecule has 0 bridgehead atoms. The Bertz CT molecular complexity index is 653. The first kappa shape index (κ1) is 28.3. The van der Waals surface area contributed by atoms with Crippen LogP contribution in [0.4, 0.5) is 0 Å². The molecular weight excluding hydrogens is 411 g/mol. The van der Waals surface area contributed by atoms with Gasteiger partial charge in [0.15, 0.2) is 0 Å². The molecule has 2 heterocycles. The first-order valence-corrected chi connectivity index (χ1v) is 12.0. The van der Waals surface area contributed by atoms with Crippen LogP contribution >= 0.6 is 22.7 Å². The number of hydrogen-bond acceptors (Lipinski definition) is 4. The van der Waals surface area contributed by atoms with Crippen molar-refractivity contribution in [3.05, 3.63) is 43.8 Å². The van der Waals surface area contributed by atoms with Crippen molar-refractivity contribution in [2.45, 2.75) is 78.1 Å². The van der Waals surface area contributed by atoms with Gasteiger partial charge in [-0.2, -0.15) is 0 Å². The second-order valence-corrected chi connectivity index (χ2v) is 8.73. The maximum atomic E-state index is 11.0. The SMILES string of the molecule is CCCCCCc1ccsc1C(N)=O.CCCCCCc1ccsc1C(N)=O.[Na]. The van der Waals surface area contributed by atoms with Gasteiger partial charge in [-0.15, -0.1) is 22.7 Å². The molecule has 2 aromatic rings. The molecule has 2 aromatic heterocycles. The number of carbonyl (C=O) groups is 2. The van der Waals surface area contributed by atoms with Crippen molar-refractivity contribution in [3.8, 4) is 0 Å². The minimum atomic E-state index is -0.287. The zero-order chi connectivity index (χ0) is 20.8. The van der Waals surface area contributed by atoms with E-state index < -0.39 is 0 Å². The number of hydrogen-bond donors (Lipinski definition) is 2. The molecule has 2 rings (SSSR count). The molecule has 0 aliphatic heterocycles. The zero-order valence-corrected chi connectivity index (χ0v) is 21.8. The maximum Gasteiger partial charge on any atom is 0.259 e. The third-order valence-corrected chi connectivity index (χ3v) is 6.48. The number of carbonyl (C=O) groups excluding carboxylic acids is 2. The number of thiophene rings is 2. The number of nitrogens with two attached hydrogens (primary N) is 2. The number of rotatable bonds is 12. The van der Waals surface area contributed by atoms with E-state index in [2.05, 4.69) is 13.8 Å². The van der Waals surface area contributed by atoms with Crippen molar-refractivity contribution in [2.75, 3.05) is 0 Å². The zero-order valence-electron chi connectivity index (χ0n) is 18.2. The largest absolute Gasteiger partial charge is 0.365 e. The summed E-state index contributed by atoms with van der Waals surface area (Å²) < 4.78 is 0. The predicted octanol–water partition coefficient (Wildman–Crippen LogP) is 5.56. The molecule has 0 atom stereocenters. The summed E-state index contributed by atoms with van der Waals surface area (Å²) in [5.41, 5.74) is 12.8. The molecular formula is C22H34N2NaO2S2. The van der Waals surface area contributed by atoms with E-state index in [0.29, 0.717) is 0 Å². The van der Waals surface area contributed by atoms with Crippen molar-refractivity contribution in [1.82, 2.24) is 0 Å². The first-order chi connectivity index (χ1) is 13.5. The Balaban J connectivity index is 0.000000523. The van der Waals surface area contributed by atoms with Crippen molar-refractivity contribution in [3.63, 3.8) is 0 Å². The van der Waals surface area contributed by atoms with Gasteiger partial charge in [0, 0.05) is 29.6 Å². The molecule has 0 spiro atoms. The average Bonchev–Trinajstić information content (AvgIpc) is 3.32. The van der Waals surface area contributed by atoms with Gasteiger partial charge >= 0.3 is 0 Å². The van der Waals surface area contributed by atoms with Crippen LogP contribution in [0.25, 0.3) is 0 Å². The van der Waals surface area contributed by atoms with Crippen LogP contribution < -0.4 is 11.5 Å². The van der Waals surface area contributed by atoms with Gasteiger partial charge in [0.05, 0.1) is 9.75 Å². The summed E-state index contributed by atoms with van der Waals surface area (Å²) >= 11 is 2.89. The van der Waals surface area contributed by atoms with Crippen LogP contribution in [0, 0.1) is 0 Å². The standard InChI is InChI=1S/2C11H17NOS.Na/c2*1-2-3-4-5-6-9-7-8-14-10(9)11(12)13;/h2*7-8H,2-6H2,1H3,(H2,12,13);. The fraction of sp³-hybridized carbons (Fsp3) is 0.545. The van der Waals surface area contributed by atoms with E-state index in [9.17, 15) is 9.59 Å². The van der Waals surface area contributed by atoms with Crippen molar-refractivity contribution < 1.29 is 9.59 Å². The summed E-state index contributed by atoms with van der Waals surface area (Å²) in [7, 11) is 0. The Hall–Kier alpha value is -0.660. The van der Waals surface area contributed by atoms with E-state index in [1.54, 1.807) is 0 Å². The fourth-order valence-electron chi connectivity index (χ4n) is 2.98. The molecule has 4 nitrogen and oxygen atoms in total. The molecule has 0 unspecified atom stereocenters. The first-order valence-electron chi connectivity index (χ1n) is 10.2. The normalized spacial score (nSPS) is 10.0. The second-order valence-electron chi connectivity index (χ2n) is 6.90. The molecule has 0 saturated heterocycles. The molecule has 0 aliphatic rings. The third-order valence-electron chi connectivity index (χ3n) is 4.54. The van der Waals surface area contributed by atoms with Crippen LogP contribution in [0.1, 0.15) is 95.7 Å². The Kier molecular flexibility index (Phi) is 16.7. The Morgan fingerprint density at radius 2 is 1.10 bits per heavy atom. The van der Waals surface area contributed by atoms with Crippen LogP contribution in [0.5, 0.6) is 0 Å². The summed E-state index contributed by atoms with van der Waals surface area (Å²) in [5, 5.41) is 3.88. The summed E-state index contributed by atoms with van der Waals surface area (Å²) in [6, 6.07) is 4.02. The quantitative estimate of drug-likeness (QED) is 0.331. The van der Waals surface area contributed by atoms with Crippen molar-refractivity contribution in [1.29, 1.82) is 0 Å². The van der Waals surface area contributed by atoms with Crippen molar-refractivity contribution >= 4 is 64.0 Å². The summed E-state index contributed by atoms with van der Waals surface area (Å²) in [5.74, 6) is -0.573. The number of aryl methyl sites for hydroxylation is 2. The molecule has 7 heteroatoms. The molecule has 4 N–H and O–H groups in total. The van der Waals surface area contributed by atoms with Crippen LogP contribution in [0.3, 0.4) is 0 Å². The minimum absolute atomic E-state index is 0. The van der Waals surface area contributed by atoms with Gasteiger partial charge in [-0.3, -0.25) is 9.59 Å². The van der Waals surface area contributed by atoms with E-state index in [1.807, 2.05) is 22.9 Å². The van der Waals surface area contributed by atoms with Crippen LogP contribution in [-0.4, -0.2) is 41.4 Å². The van der Waals surface area contributed by atoms with Gasteiger partial charge in [0.25, 0.3) is 11.8 Å². The Labute approximate surface area is 205 Å². The molecule has 157 valence electrons. The van der Waals surface area contributed by atoms with E-state index in [4.69, 9.17) is 11.5 Å². The topological polar surface area (TPSA) is 86.2 Å². The molecule has 1 radical (unpaired) electrons. The van der Waals surface area contributed by atoms with Gasteiger partial charge in [-0.05, 0) is 59.7 Å². The molecule has 0 saturated carbocycles. The maximum absolute atomic E-state index is 11.0. The van der Waals surface area contributed by atoms with E-state index in [1.165, 1.54) is 61.2 Å². The smallest absolute Gasteiger partial charge is 0.259 e. The molecule has 0 aliphatic carbocycles. The number of primary amides is 2. The molecule has 29 heavy (non-hydrogen) atoms. The average molecular weight is 446 g/mol. The number of amides is 2. The van der Waals surface area contributed by atoms with E-state index in [-0.39, 0.29) is 41.4 Å². The van der Waals surface area contributed by atoms with Gasteiger partial charge in [0.1, 0.15) is 0 Å². The van der Waals surface area contributed by atoms with Crippen LogP contribution in [0.2, 0.25) is 0 Å². The van der Waals surface area contributed by atoms with Crippen molar-refractivity contribution in [2.24, 2.45) is 11.5 Å². The summed E-state index contributed by atoms with van der Waals surface area (Å²) in [6.45, 7) is 4.39. The van der Waals surface area contributed by atoms with E-state index in [0.717, 1.165) is 46.6 Å². The minimum Gasteiger partial charge on any atom is -0.365 e. The summed E-state index contributed by atoms with van der Waals surface area (Å²) in [4.78, 5) is 23.5. The molecule has 0 fully saturated rings. The molecule has 0 aromatic carbocycles. The van der Waals surface area contributed by atoms with Gasteiger partial charge in [0.2, 0.25) is 0 Å². The van der Waals surface area contributed by atoms with Gasteiger partial charge < -0.3 is 11.5 Å². The second kappa shape index (κ2) is 17.1. The van der Waals surface area contributed by atoms with Gasteiger partial charge in [-0.1, -0.05) is 52.4 Å². The number of unbranched alkanes of at least 4 members (excludes halogenated alkanes) is 6. The third kappa shape index (κ3) is 11.3. The van der Waals surface area contributed by atoms with Crippen LogP contribution in [-0.2, 0) is 12.8 Å². The Morgan fingerprint density at radius 3 is 1.41 bits per heavy atom. The monoisotopic (exact) mass is 445 g/mol. The van der Waals surface area contributed by atoms with Crippen LogP contribution in [0.15, 0.2) is 22.9 Å². The molecule has 2 amide bonds. The van der Waals surface area contributed by atoms with E-state index >= 15 is 0 Å².